The number of nitrogens with zero attached hydrogens (tertiary/aromatic N) is 1. The Hall–Kier alpha value is -2.78. The summed E-state index contributed by atoms with van der Waals surface area (Å²) >= 11 is 0. The third-order valence-electron chi connectivity index (χ3n) is 4.41. The lowest BCUT2D eigenvalue weighted by molar-refractivity contribution is 0.0966. The maximum Gasteiger partial charge on any atom is 0.255 e. The molecule has 0 radical (unpaired) electrons. The van der Waals surface area contributed by atoms with Crippen molar-refractivity contribution < 1.29 is 9.18 Å². The van der Waals surface area contributed by atoms with Gasteiger partial charge >= 0.3 is 0 Å². The van der Waals surface area contributed by atoms with Gasteiger partial charge in [0.05, 0.1) is 29.2 Å². The Kier molecular flexibility index (Phi) is 4.17. The normalized spacial score (nSPS) is 12.7. The minimum Gasteiger partial charge on any atom is -0.355 e. The Morgan fingerprint density at radius 2 is 1.92 bits per heavy atom. The first kappa shape index (κ1) is 16.7. The maximum absolute atomic E-state index is 14.4. The van der Waals surface area contributed by atoms with Gasteiger partial charge in [0.1, 0.15) is 5.82 Å². The number of carbonyl (C=O) groups excluding carboxylic acids is 1. The predicted octanol–water partition coefficient (Wildman–Crippen LogP) is 3.68. The van der Waals surface area contributed by atoms with Crippen molar-refractivity contribution >= 4 is 31.8 Å². The Morgan fingerprint density at radius 3 is 2.65 bits per heavy atom. The summed E-state index contributed by atoms with van der Waals surface area (Å²) in [5.41, 5.74) is 4.38. The van der Waals surface area contributed by atoms with E-state index in [0.717, 1.165) is 16.6 Å². The van der Waals surface area contributed by atoms with Gasteiger partial charge in [-0.2, -0.15) is 0 Å². The van der Waals surface area contributed by atoms with E-state index in [2.05, 4.69) is 24.9 Å². The summed E-state index contributed by atoms with van der Waals surface area (Å²) in [6.07, 6.45) is 0. The highest BCUT2D eigenvalue weighted by atomic mass is 31.0. The average molecular weight is 365 g/mol. The van der Waals surface area contributed by atoms with Crippen molar-refractivity contribution in [1.29, 1.82) is 0 Å². The largest absolute Gasteiger partial charge is 0.355 e. The van der Waals surface area contributed by atoms with Gasteiger partial charge in [-0.15, -0.1) is 9.24 Å². The van der Waals surface area contributed by atoms with E-state index in [-0.39, 0.29) is 11.7 Å². The van der Waals surface area contributed by atoms with Gasteiger partial charge in [0.2, 0.25) is 0 Å². The summed E-state index contributed by atoms with van der Waals surface area (Å²) in [6, 6.07) is 14.4. The molecule has 0 saturated heterocycles. The topological polar surface area (TPSA) is 54.0 Å². The number of rotatable bonds is 3. The van der Waals surface area contributed by atoms with Crippen molar-refractivity contribution in [3.05, 3.63) is 71.2 Å². The van der Waals surface area contributed by atoms with Crippen molar-refractivity contribution in [2.75, 3.05) is 5.32 Å². The van der Waals surface area contributed by atoms with E-state index in [4.69, 9.17) is 0 Å². The lowest BCUT2D eigenvalue weighted by Gasteiger charge is -2.14. The van der Waals surface area contributed by atoms with Gasteiger partial charge in [-0.1, -0.05) is 24.3 Å². The van der Waals surface area contributed by atoms with Gasteiger partial charge in [0.15, 0.2) is 0 Å². The molecule has 1 aliphatic rings. The number of aromatic nitrogens is 1. The van der Waals surface area contributed by atoms with Gasteiger partial charge in [-0.3, -0.25) is 4.79 Å². The van der Waals surface area contributed by atoms with Crippen LogP contribution in [0.15, 0.2) is 48.5 Å². The lowest BCUT2D eigenvalue weighted by atomic mass is 10.0. The van der Waals surface area contributed by atoms with Crippen LogP contribution in [0, 0.1) is 12.7 Å². The van der Waals surface area contributed by atoms with Crippen molar-refractivity contribution in [3.63, 3.8) is 0 Å². The van der Waals surface area contributed by atoms with E-state index in [1.54, 1.807) is 12.1 Å². The molecule has 4 nitrogen and oxygen atoms in total. The zero-order valence-corrected chi connectivity index (χ0v) is 15.3. The number of hydrogen-bond acceptors (Lipinski definition) is 3. The van der Waals surface area contributed by atoms with Crippen LogP contribution in [0.4, 0.5) is 15.8 Å². The molecule has 1 amide bonds. The second-order valence-corrected chi connectivity index (χ2v) is 6.90. The molecule has 0 saturated carbocycles. The molecule has 0 aliphatic carbocycles. The van der Waals surface area contributed by atoms with Crippen LogP contribution in [0.25, 0.3) is 11.3 Å². The van der Waals surface area contributed by atoms with Crippen molar-refractivity contribution in [2.24, 2.45) is 0 Å². The molecular weight excluding hydrogens is 348 g/mol. The Morgan fingerprint density at radius 1 is 1.15 bits per heavy atom. The monoisotopic (exact) mass is 365 g/mol. The number of nitrogens with one attached hydrogen (secondary N) is 2. The highest BCUT2D eigenvalue weighted by Crippen LogP contribution is 2.33. The molecule has 2 heterocycles. The lowest BCUT2D eigenvalue weighted by Crippen LogP contribution is -2.13. The number of pyridine rings is 1. The first-order chi connectivity index (χ1) is 12.5. The second-order valence-electron chi connectivity index (χ2n) is 6.24. The summed E-state index contributed by atoms with van der Waals surface area (Å²) in [4.78, 5) is 16.8. The number of hydrogen-bond donors (Lipinski definition) is 2. The van der Waals surface area contributed by atoms with Crippen LogP contribution in [-0.2, 0) is 6.54 Å². The molecule has 2 aromatic carbocycles. The molecule has 1 atom stereocenters. The third-order valence-corrected chi connectivity index (χ3v) is 4.79. The molecule has 130 valence electrons. The maximum atomic E-state index is 14.4. The molecule has 6 heteroatoms. The SMILES string of the molecule is Cc1cccc(F)c1-c1cc(Nc2ccc(P)cc2)c2c(n1)CNC2=O. The first-order valence-corrected chi connectivity index (χ1v) is 8.81. The van der Waals surface area contributed by atoms with Crippen LogP contribution in [0.2, 0.25) is 0 Å². The second kappa shape index (κ2) is 6.50. The molecule has 2 N–H and O–H groups in total. The van der Waals surface area contributed by atoms with Gasteiger partial charge in [-0.25, -0.2) is 9.37 Å². The van der Waals surface area contributed by atoms with E-state index >= 15 is 0 Å². The quantitative estimate of drug-likeness (QED) is 0.696. The minimum atomic E-state index is -0.326. The molecule has 3 aromatic rings. The Bertz CT molecular complexity index is 998. The number of anilines is 2. The van der Waals surface area contributed by atoms with E-state index < -0.39 is 0 Å². The number of halogens is 1. The molecule has 4 rings (SSSR count). The molecule has 1 unspecified atom stereocenters. The highest BCUT2D eigenvalue weighted by molar-refractivity contribution is 7.27. The van der Waals surface area contributed by atoms with Gasteiger partial charge in [-0.05, 0) is 42.1 Å². The summed E-state index contributed by atoms with van der Waals surface area (Å²) in [5, 5.41) is 7.13. The number of amides is 1. The number of fused-ring (bicyclic) bond motifs is 1. The fourth-order valence-electron chi connectivity index (χ4n) is 3.14. The minimum absolute atomic E-state index is 0.172. The molecule has 1 aliphatic heterocycles. The van der Waals surface area contributed by atoms with Gasteiger partial charge < -0.3 is 10.6 Å². The highest BCUT2D eigenvalue weighted by Gasteiger charge is 2.26. The summed E-state index contributed by atoms with van der Waals surface area (Å²) in [6.45, 7) is 2.19. The smallest absolute Gasteiger partial charge is 0.255 e. The van der Waals surface area contributed by atoms with Crippen LogP contribution in [0.5, 0.6) is 0 Å². The van der Waals surface area contributed by atoms with Crippen LogP contribution >= 0.6 is 9.24 Å². The zero-order valence-electron chi connectivity index (χ0n) is 14.1. The van der Waals surface area contributed by atoms with Gasteiger partial charge in [0.25, 0.3) is 5.91 Å². The Labute approximate surface area is 153 Å². The molecule has 0 fully saturated rings. The molecular formula is C20H17FN3OP. The first-order valence-electron chi connectivity index (χ1n) is 8.23. The van der Waals surface area contributed by atoms with Crippen molar-refractivity contribution in [2.45, 2.75) is 13.5 Å². The summed E-state index contributed by atoms with van der Waals surface area (Å²) in [5.74, 6) is -0.498. The van der Waals surface area contributed by atoms with Gasteiger partial charge in [0, 0.05) is 11.3 Å². The third kappa shape index (κ3) is 2.95. The summed E-state index contributed by atoms with van der Waals surface area (Å²) in [7, 11) is 2.63. The van der Waals surface area contributed by atoms with Crippen LogP contribution < -0.4 is 15.9 Å². The van der Waals surface area contributed by atoms with E-state index in [1.165, 1.54) is 6.07 Å². The molecule has 1 aromatic heterocycles. The van der Waals surface area contributed by atoms with E-state index in [1.807, 2.05) is 37.3 Å². The van der Waals surface area contributed by atoms with Crippen LogP contribution in [0.3, 0.4) is 0 Å². The fourth-order valence-corrected chi connectivity index (χ4v) is 3.33. The number of aryl methyl sites for hydroxylation is 1. The zero-order chi connectivity index (χ0) is 18.3. The molecule has 0 spiro atoms. The fraction of sp³-hybridized carbons (Fsp3) is 0.100. The standard InChI is InChI=1S/C20H17FN3OP/c1-11-3-2-4-14(21)18(11)15-9-16(19-17(24-15)10-22-20(19)25)23-12-5-7-13(26)8-6-12/h2-9H,10,26H2,1H3,(H,22,25)(H,23,24). The van der Waals surface area contributed by atoms with Crippen LogP contribution in [0.1, 0.15) is 21.6 Å². The van der Waals surface area contributed by atoms with Crippen molar-refractivity contribution in [3.8, 4) is 11.3 Å². The van der Waals surface area contributed by atoms with E-state index in [0.29, 0.717) is 34.7 Å². The van der Waals surface area contributed by atoms with E-state index in [9.17, 15) is 9.18 Å². The molecule has 26 heavy (non-hydrogen) atoms. The Balaban J connectivity index is 1.86. The van der Waals surface area contributed by atoms with Crippen molar-refractivity contribution in [1.82, 2.24) is 10.3 Å². The number of benzene rings is 2. The molecule has 0 bridgehead atoms. The average Bonchev–Trinajstić information content (AvgIpc) is 2.98. The summed E-state index contributed by atoms with van der Waals surface area (Å²) < 4.78 is 14.4. The number of carbonyl (C=O) groups is 1. The van der Waals surface area contributed by atoms with Crippen LogP contribution in [-0.4, -0.2) is 10.9 Å². The predicted molar refractivity (Wildman–Crippen MR) is 105 cm³/mol.